The van der Waals surface area contributed by atoms with E-state index in [1.54, 1.807) is 24.3 Å². The molecule has 11 heteroatoms. The van der Waals surface area contributed by atoms with Gasteiger partial charge in [-0.1, -0.05) is 24.6 Å². The van der Waals surface area contributed by atoms with Crippen LogP contribution in [0.5, 0.6) is 0 Å². The number of nitrogens with one attached hydrogen (secondary N) is 1. The zero-order chi connectivity index (χ0) is 24.8. The number of aryl methyl sites for hydroxylation is 2. The summed E-state index contributed by atoms with van der Waals surface area (Å²) in [5, 5.41) is 18.9. The van der Waals surface area contributed by atoms with Gasteiger partial charge in [0, 0.05) is 22.7 Å². The van der Waals surface area contributed by atoms with Gasteiger partial charge in [0.25, 0.3) is 17.2 Å². The first kappa shape index (κ1) is 22.1. The van der Waals surface area contributed by atoms with Gasteiger partial charge in [-0.15, -0.1) is 16.4 Å². The van der Waals surface area contributed by atoms with Crippen LogP contribution in [0.2, 0.25) is 0 Å². The minimum atomic E-state index is -0.559. The van der Waals surface area contributed by atoms with Crippen molar-refractivity contribution in [3.8, 4) is 5.69 Å². The number of nitro benzene ring substituents is 1. The SMILES string of the molecule is O=C(Nc1ccccc1)c1nn(-c2ccc([N+](=O)[O-])cc2)c2nc3sc4c(c3c(=O)n12)CCCCC4. The summed E-state index contributed by atoms with van der Waals surface area (Å²) in [7, 11) is 0. The smallest absolute Gasteiger partial charge is 0.294 e. The van der Waals surface area contributed by atoms with Gasteiger partial charge in [0.15, 0.2) is 0 Å². The minimum Gasteiger partial charge on any atom is -0.319 e. The van der Waals surface area contributed by atoms with Gasteiger partial charge in [-0.3, -0.25) is 19.7 Å². The minimum absolute atomic E-state index is 0.0771. The van der Waals surface area contributed by atoms with E-state index in [1.807, 2.05) is 6.07 Å². The number of non-ortho nitro benzene ring substituents is 1. The van der Waals surface area contributed by atoms with Crippen LogP contribution in [0.3, 0.4) is 0 Å². The summed E-state index contributed by atoms with van der Waals surface area (Å²) in [5.74, 6) is -0.493. The van der Waals surface area contributed by atoms with E-state index >= 15 is 0 Å². The highest BCUT2D eigenvalue weighted by atomic mass is 32.1. The molecule has 10 nitrogen and oxygen atoms in total. The number of hydrogen-bond donors (Lipinski definition) is 1. The van der Waals surface area contributed by atoms with E-state index in [0.29, 0.717) is 21.6 Å². The summed E-state index contributed by atoms with van der Waals surface area (Å²) in [5.41, 5.74) is 1.62. The molecule has 6 rings (SSSR count). The van der Waals surface area contributed by atoms with Crippen molar-refractivity contribution in [1.82, 2.24) is 19.2 Å². The average Bonchev–Trinajstić information content (AvgIpc) is 3.35. The van der Waals surface area contributed by atoms with Gasteiger partial charge in [0.1, 0.15) is 4.83 Å². The van der Waals surface area contributed by atoms with Gasteiger partial charge >= 0.3 is 0 Å². The molecule has 3 aromatic heterocycles. The van der Waals surface area contributed by atoms with Crippen LogP contribution in [0, 0.1) is 10.1 Å². The molecule has 0 atom stereocenters. The van der Waals surface area contributed by atoms with Gasteiger partial charge in [-0.05, 0) is 55.5 Å². The van der Waals surface area contributed by atoms with Crippen molar-refractivity contribution in [3.63, 3.8) is 0 Å². The Morgan fingerprint density at radius 3 is 2.53 bits per heavy atom. The number of aromatic nitrogens is 4. The number of anilines is 1. The van der Waals surface area contributed by atoms with Gasteiger partial charge in [0.2, 0.25) is 11.6 Å². The Hall–Kier alpha value is -4.38. The number of carbonyl (C=O) groups is 1. The van der Waals surface area contributed by atoms with Crippen LogP contribution in [0.1, 0.15) is 40.3 Å². The van der Waals surface area contributed by atoms with Crippen molar-refractivity contribution in [2.45, 2.75) is 32.1 Å². The standard InChI is InChI=1S/C25H20N6O4S/c32-22(26-15-7-3-1-4-8-15)21-28-30(16-11-13-17(14-12-16)31(34)35)25-27-23-20(24(33)29(21)25)18-9-5-2-6-10-19(18)36-23/h1,3-4,7-8,11-14H,2,5-6,9-10H2,(H,26,32). The Morgan fingerprint density at radius 1 is 1.03 bits per heavy atom. The van der Waals surface area contributed by atoms with Crippen LogP contribution in [-0.2, 0) is 12.8 Å². The fraction of sp³-hybridized carbons (Fsp3) is 0.200. The Labute approximate surface area is 208 Å². The van der Waals surface area contributed by atoms with E-state index in [4.69, 9.17) is 4.98 Å². The van der Waals surface area contributed by atoms with E-state index in [1.165, 1.54) is 49.6 Å². The normalized spacial score (nSPS) is 13.4. The summed E-state index contributed by atoms with van der Waals surface area (Å²) in [6.45, 7) is 0. The van der Waals surface area contributed by atoms with E-state index in [0.717, 1.165) is 37.7 Å². The second-order valence-electron chi connectivity index (χ2n) is 8.63. The first-order valence-corrected chi connectivity index (χ1v) is 12.4. The Kier molecular flexibility index (Phi) is 5.33. The molecular weight excluding hydrogens is 480 g/mol. The highest BCUT2D eigenvalue weighted by Crippen LogP contribution is 2.33. The number of nitro groups is 1. The molecule has 5 aromatic rings. The Morgan fingerprint density at radius 2 is 1.78 bits per heavy atom. The van der Waals surface area contributed by atoms with Crippen molar-refractivity contribution < 1.29 is 9.72 Å². The molecule has 0 bridgehead atoms. The average molecular weight is 501 g/mol. The van der Waals surface area contributed by atoms with Gasteiger partial charge in [0.05, 0.1) is 16.0 Å². The summed E-state index contributed by atoms with van der Waals surface area (Å²) >= 11 is 1.52. The topological polar surface area (TPSA) is 124 Å². The fourth-order valence-corrected chi connectivity index (χ4v) is 5.88. The third-order valence-corrected chi connectivity index (χ3v) is 7.54. The van der Waals surface area contributed by atoms with Crippen molar-refractivity contribution in [1.29, 1.82) is 0 Å². The maximum absolute atomic E-state index is 13.9. The van der Waals surface area contributed by atoms with Crippen LogP contribution in [0.4, 0.5) is 11.4 Å². The van der Waals surface area contributed by atoms with Gasteiger partial charge in [-0.25, -0.2) is 9.38 Å². The van der Waals surface area contributed by atoms with Gasteiger partial charge in [-0.2, -0.15) is 4.68 Å². The molecule has 180 valence electrons. The molecule has 0 saturated carbocycles. The zero-order valence-corrected chi connectivity index (χ0v) is 19.8. The summed E-state index contributed by atoms with van der Waals surface area (Å²) in [6, 6.07) is 14.6. The summed E-state index contributed by atoms with van der Waals surface area (Å²) in [6.07, 6.45) is 4.90. The number of carbonyl (C=O) groups excluding carboxylic acids is 1. The highest BCUT2D eigenvalue weighted by molar-refractivity contribution is 7.18. The molecule has 0 radical (unpaired) electrons. The number of fused-ring (bicyclic) bond motifs is 4. The first-order chi connectivity index (χ1) is 17.5. The van der Waals surface area contributed by atoms with E-state index in [9.17, 15) is 19.7 Å². The molecule has 3 heterocycles. The third-order valence-electron chi connectivity index (χ3n) is 6.36. The summed E-state index contributed by atoms with van der Waals surface area (Å²) < 4.78 is 2.63. The van der Waals surface area contributed by atoms with E-state index < -0.39 is 10.8 Å². The van der Waals surface area contributed by atoms with Crippen molar-refractivity contribution in [3.05, 3.63) is 91.3 Å². The molecule has 0 saturated heterocycles. The van der Waals surface area contributed by atoms with Crippen molar-refractivity contribution in [2.24, 2.45) is 0 Å². The second-order valence-corrected chi connectivity index (χ2v) is 9.71. The Balaban J connectivity index is 1.59. The largest absolute Gasteiger partial charge is 0.319 e. The lowest BCUT2D eigenvalue weighted by molar-refractivity contribution is -0.384. The Bertz CT molecular complexity index is 1700. The van der Waals surface area contributed by atoms with Gasteiger partial charge < -0.3 is 5.32 Å². The monoisotopic (exact) mass is 500 g/mol. The molecule has 1 amide bonds. The molecule has 1 aliphatic rings. The number of hydrogen-bond acceptors (Lipinski definition) is 7. The second kappa shape index (κ2) is 8.68. The fourth-order valence-electron chi connectivity index (χ4n) is 4.63. The molecule has 1 N–H and O–H groups in total. The number of para-hydroxylation sites is 1. The van der Waals surface area contributed by atoms with Crippen LogP contribution < -0.4 is 10.9 Å². The quantitative estimate of drug-likeness (QED) is 0.220. The molecule has 2 aromatic carbocycles. The van der Waals surface area contributed by atoms with Crippen LogP contribution >= 0.6 is 11.3 Å². The molecular formula is C25H20N6O4S. The maximum atomic E-state index is 13.9. The summed E-state index contributed by atoms with van der Waals surface area (Å²) in [4.78, 5) is 44.4. The number of benzene rings is 2. The van der Waals surface area contributed by atoms with E-state index in [2.05, 4.69) is 10.4 Å². The number of rotatable bonds is 4. The van der Waals surface area contributed by atoms with Crippen LogP contribution in [0.25, 0.3) is 21.7 Å². The molecule has 0 fully saturated rings. The van der Waals surface area contributed by atoms with Crippen molar-refractivity contribution >= 4 is 44.6 Å². The highest BCUT2D eigenvalue weighted by Gasteiger charge is 2.26. The molecule has 1 aliphatic carbocycles. The third kappa shape index (κ3) is 3.64. The maximum Gasteiger partial charge on any atom is 0.294 e. The molecule has 36 heavy (non-hydrogen) atoms. The van der Waals surface area contributed by atoms with Crippen molar-refractivity contribution in [2.75, 3.05) is 5.32 Å². The molecule has 0 aliphatic heterocycles. The number of amides is 1. The predicted octanol–water partition coefficient (Wildman–Crippen LogP) is 4.52. The number of nitrogens with zero attached hydrogens (tertiary/aromatic N) is 5. The zero-order valence-electron chi connectivity index (χ0n) is 19.0. The molecule has 0 unspecified atom stereocenters. The lowest BCUT2D eigenvalue weighted by Gasteiger charge is -2.04. The lowest BCUT2D eigenvalue weighted by Crippen LogP contribution is -2.23. The van der Waals surface area contributed by atoms with E-state index in [-0.39, 0.29) is 22.8 Å². The number of thiophene rings is 1. The molecule has 0 spiro atoms. The lowest BCUT2D eigenvalue weighted by atomic mass is 10.1. The predicted molar refractivity (Wildman–Crippen MR) is 136 cm³/mol. The van der Waals surface area contributed by atoms with Crippen LogP contribution in [0.15, 0.2) is 59.4 Å². The van der Waals surface area contributed by atoms with Crippen LogP contribution in [-0.4, -0.2) is 30.0 Å². The first-order valence-electron chi connectivity index (χ1n) is 11.6.